The Labute approximate surface area is 127 Å². The summed E-state index contributed by atoms with van der Waals surface area (Å²) in [5, 5.41) is 4.15. The van der Waals surface area contributed by atoms with Crippen LogP contribution < -0.4 is 16.6 Å². The summed E-state index contributed by atoms with van der Waals surface area (Å²) in [5.41, 5.74) is 2.94. The number of aliphatic imine (C=N–C) groups is 1. The molecule has 0 aliphatic carbocycles. The maximum atomic E-state index is 6.04. The predicted molar refractivity (Wildman–Crippen MR) is 81.2 cm³/mol. The van der Waals surface area contributed by atoms with Crippen molar-refractivity contribution in [2.75, 3.05) is 25.6 Å². The lowest BCUT2D eigenvalue weighted by Gasteiger charge is -2.12. The normalized spacial score (nSPS) is 11.5. The average molecular weight is 326 g/mol. The highest BCUT2D eigenvalue weighted by molar-refractivity contribution is 6.42. The molecule has 0 bridgehead atoms. The van der Waals surface area contributed by atoms with E-state index in [1.165, 1.54) is 0 Å². The van der Waals surface area contributed by atoms with Crippen LogP contribution in [0.3, 0.4) is 0 Å². The van der Waals surface area contributed by atoms with Crippen LogP contribution in [0.1, 0.15) is 6.42 Å². The lowest BCUT2D eigenvalue weighted by Crippen LogP contribution is -2.36. The van der Waals surface area contributed by atoms with Crippen molar-refractivity contribution in [2.45, 2.75) is 6.42 Å². The van der Waals surface area contributed by atoms with E-state index in [-0.39, 0.29) is 0 Å². The first-order chi connectivity index (χ1) is 9.08. The molecule has 106 valence electrons. The van der Waals surface area contributed by atoms with Gasteiger partial charge in [0.25, 0.3) is 0 Å². The van der Waals surface area contributed by atoms with Gasteiger partial charge in [-0.1, -0.05) is 34.8 Å². The number of nitrogens with zero attached hydrogens (tertiary/aromatic N) is 1. The van der Waals surface area contributed by atoms with Crippen molar-refractivity contribution in [3.63, 3.8) is 0 Å². The number of benzene rings is 1. The van der Waals surface area contributed by atoms with E-state index in [1.54, 1.807) is 19.2 Å². The number of anilines is 1. The highest BCUT2D eigenvalue weighted by Gasteiger charge is 2.09. The van der Waals surface area contributed by atoms with Gasteiger partial charge in [0, 0.05) is 25.3 Å². The standard InChI is InChI=1S/C11H15Cl3N4O/c1-19-4-2-3-16-11(18-15)17-10-8(13)5-7(12)6-9(10)14/h5-6H,2-4,15H2,1H3,(H2,16,17,18). The molecular formula is C11H15Cl3N4O. The maximum absolute atomic E-state index is 6.04. The van der Waals surface area contributed by atoms with E-state index in [0.717, 1.165) is 6.42 Å². The molecule has 0 saturated carbocycles. The zero-order valence-electron chi connectivity index (χ0n) is 10.3. The van der Waals surface area contributed by atoms with Gasteiger partial charge in [-0.15, -0.1) is 0 Å². The molecule has 1 rings (SSSR count). The Morgan fingerprint density at radius 3 is 2.47 bits per heavy atom. The van der Waals surface area contributed by atoms with Gasteiger partial charge in [0.15, 0.2) is 0 Å². The zero-order chi connectivity index (χ0) is 14.3. The number of halogens is 3. The van der Waals surface area contributed by atoms with E-state index in [1.807, 2.05) is 0 Å². The Morgan fingerprint density at radius 1 is 1.32 bits per heavy atom. The Balaban J connectivity index is 2.75. The summed E-state index contributed by atoms with van der Waals surface area (Å²) in [5.74, 6) is 5.74. The molecule has 0 radical (unpaired) electrons. The molecule has 5 nitrogen and oxygen atoms in total. The van der Waals surface area contributed by atoms with Crippen molar-refractivity contribution in [1.82, 2.24) is 5.43 Å². The first-order valence-corrected chi connectivity index (χ1v) is 6.63. The Morgan fingerprint density at radius 2 is 1.95 bits per heavy atom. The maximum Gasteiger partial charge on any atom is 0.210 e. The fourth-order valence-electron chi connectivity index (χ4n) is 1.30. The van der Waals surface area contributed by atoms with Gasteiger partial charge in [-0.05, 0) is 18.6 Å². The van der Waals surface area contributed by atoms with Gasteiger partial charge in [0.2, 0.25) is 5.96 Å². The molecule has 0 aliphatic rings. The van der Waals surface area contributed by atoms with Crippen molar-refractivity contribution in [1.29, 1.82) is 0 Å². The molecule has 19 heavy (non-hydrogen) atoms. The van der Waals surface area contributed by atoms with E-state index in [9.17, 15) is 0 Å². The summed E-state index contributed by atoms with van der Waals surface area (Å²) >= 11 is 17.9. The largest absolute Gasteiger partial charge is 0.385 e. The number of hydrogen-bond donors (Lipinski definition) is 3. The highest BCUT2D eigenvalue weighted by atomic mass is 35.5. The van der Waals surface area contributed by atoms with E-state index in [2.05, 4.69) is 15.7 Å². The van der Waals surface area contributed by atoms with E-state index < -0.39 is 0 Å². The van der Waals surface area contributed by atoms with Gasteiger partial charge >= 0.3 is 0 Å². The Bertz CT molecular complexity index is 431. The smallest absolute Gasteiger partial charge is 0.210 e. The van der Waals surface area contributed by atoms with Gasteiger partial charge in [0.05, 0.1) is 15.7 Å². The third kappa shape index (κ3) is 5.42. The van der Waals surface area contributed by atoms with E-state index >= 15 is 0 Å². The zero-order valence-corrected chi connectivity index (χ0v) is 12.6. The molecule has 0 unspecified atom stereocenters. The fraction of sp³-hybridized carbons (Fsp3) is 0.364. The van der Waals surface area contributed by atoms with Crippen molar-refractivity contribution >= 4 is 46.4 Å². The van der Waals surface area contributed by atoms with Crippen LogP contribution in [0.4, 0.5) is 5.69 Å². The molecule has 0 atom stereocenters. The van der Waals surface area contributed by atoms with Crippen LogP contribution in [-0.4, -0.2) is 26.2 Å². The van der Waals surface area contributed by atoms with Crippen molar-refractivity contribution in [3.8, 4) is 0 Å². The van der Waals surface area contributed by atoms with E-state index in [4.69, 9.17) is 45.4 Å². The second kappa shape index (κ2) is 8.45. The number of ether oxygens (including phenoxy) is 1. The van der Waals surface area contributed by atoms with Crippen LogP contribution in [0.25, 0.3) is 0 Å². The second-order valence-electron chi connectivity index (χ2n) is 3.59. The van der Waals surface area contributed by atoms with Crippen LogP contribution >= 0.6 is 34.8 Å². The monoisotopic (exact) mass is 324 g/mol. The van der Waals surface area contributed by atoms with E-state index in [0.29, 0.717) is 39.9 Å². The molecule has 0 amide bonds. The Hall–Kier alpha value is -0.720. The number of hydrazine groups is 1. The summed E-state index contributed by atoms with van der Waals surface area (Å²) in [6.07, 6.45) is 0.783. The average Bonchev–Trinajstić information content (AvgIpc) is 2.36. The van der Waals surface area contributed by atoms with Gasteiger partial charge in [-0.3, -0.25) is 10.4 Å². The van der Waals surface area contributed by atoms with Gasteiger partial charge in [0.1, 0.15) is 0 Å². The fourth-order valence-corrected chi connectivity index (χ4v) is 2.21. The third-order valence-corrected chi connectivity index (χ3v) is 2.98. The molecule has 0 spiro atoms. The molecular weight excluding hydrogens is 311 g/mol. The molecule has 1 aromatic carbocycles. The summed E-state index contributed by atoms with van der Waals surface area (Å²) in [7, 11) is 1.64. The number of nitrogens with two attached hydrogens (primary N) is 1. The van der Waals surface area contributed by atoms with Crippen LogP contribution in [0.2, 0.25) is 15.1 Å². The summed E-state index contributed by atoms with van der Waals surface area (Å²) in [6.45, 7) is 1.19. The van der Waals surface area contributed by atoms with Crippen molar-refractivity contribution < 1.29 is 4.74 Å². The molecule has 0 fully saturated rings. The number of nitrogens with one attached hydrogen (secondary N) is 2. The Kier molecular flexibility index (Phi) is 7.27. The number of methoxy groups -OCH3 is 1. The van der Waals surface area contributed by atoms with Gasteiger partial charge in [-0.25, -0.2) is 5.84 Å². The van der Waals surface area contributed by atoms with Gasteiger partial charge < -0.3 is 10.1 Å². The number of hydrogen-bond acceptors (Lipinski definition) is 3. The van der Waals surface area contributed by atoms with Gasteiger partial charge in [-0.2, -0.15) is 0 Å². The molecule has 0 aliphatic heterocycles. The molecule has 0 saturated heterocycles. The minimum atomic E-state index is 0.363. The predicted octanol–water partition coefficient (Wildman–Crippen LogP) is 2.91. The van der Waals surface area contributed by atoms with Crippen LogP contribution in [-0.2, 0) is 4.74 Å². The molecule has 1 aromatic rings. The minimum Gasteiger partial charge on any atom is -0.385 e. The van der Waals surface area contributed by atoms with Crippen LogP contribution in [0.5, 0.6) is 0 Å². The summed E-state index contributed by atoms with van der Waals surface area (Å²) in [4.78, 5) is 4.22. The minimum absolute atomic E-state index is 0.363. The summed E-state index contributed by atoms with van der Waals surface area (Å²) in [6, 6.07) is 3.16. The van der Waals surface area contributed by atoms with Crippen LogP contribution in [0, 0.1) is 0 Å². The molecule has 4 N–H and O–H groups in total. The first-order valence-electron chi connectivity index (χ1n) is 5.50. The first kappa shape index (κ1) is 16.3. The SMILES string of the molecule is COCCCN=C(NN)Nc1c(Cl)cc(Cl)cc1Cl. The van der Waals surface area contributed by atoms with Crippen molar-refractivity contribution in [2.24, 2.45) is 10.8 Å². The summed E-state index contributed by atoms with van der Waals surface area (Å²) < 4.78 is 4.93. The number of guanidine groups is 1. The molecule has 0 aromatic heterocycles. The topological polar surface area (TPSA) is 71.7 Å². The van der Waals surface area contributed by atoms with Crippen LogP contribution in [0.15, 0.2) is 17.1 Å². The second-order valence-corrected chi connectivity index (χ2v) is 4.84. The molecule has 0 heterocycles. The quantitative estimate of drug-likeness (QED) is 0.256. The molecule has 8 heteroatoms. The lowest BCUT2D eigenvalue weighted by atomic mass is 10.3. The third-order valence-electron chi connectivity index (χ3n) is 2.16. The number of rotatable bonds is 5. The van der Waals surface area contributed by atoms with Crippen molar-refractivity contribution in [3.05, 3.63) is 27.2 Å². The lowest BCUT2D eigenvalue weighted by molar-refractivity contribution is 0.197. The highest BCUT2D eigenvalue weighted by Crippen LogP contribution is 2.33.